The third-order valence-electron chi connectivity index (χ3n) is 12.4. The number of unbranched alkanes of at least 4 members (excludes halogenated alkanes) is 27. The first-order valence-corrected chi connectivity index (χ1v) is 30.7. The Morgan fingerprint density at radius 1 is 0.403 bits per heavy atom. The van der Waals surface area contributed by atoms with Crippen LogP contribution in [0.3, 0.4) is 0 Å². The number of phosphoric ester groups is 1. The van der Waals surface area contributed by atoms with Crippen LogP contribution in [0.5, 0.6) is 0 Å². The summed E-state index contributed by atoms with van der Waals surface area (Å²) in [7, 11) is -4.75. The van der Waals surface area contributed by atoms with Crippen LogP contribution in [0, 0.1) is 0 Å². The molecule has 0 aliphatic heterocycles. The molecule has 2 N–H and O–H groups in total. The zero-order valence-corrected chi connectivity index (χ0v) is 47.0. The number of carbonyl (C=O) groups is 3. The average molecular weight is 1040 g/mol. The molecule has 72 heavy (non-hydrogen) atoms. The molecule has 0 amide bonds. The fourth-order valence-electron chi connectivity index (χ4n) is 7.99. The number of phosphoric acid groups is 1. The van der Waals surface area contributed by atoms with Gasteiger partial charge in [0.15, 0.2) is 6.10 Å². The summed E-state index contributed by atoms with van der Waals surface area (Å²) in [6.45, 7) is 4.50. The number of aliphatic hydroxyl groups is 1. The van der Waals surface area contributed by atoms with Gasteiger partial charge in [-0.2, -0.15) is 0 Å². The van der Waals surface area contributed by atoms with Crippen molar-refractivity contribution in [3.05, 3.63) is 60.8 Å². The van der Waals surface area contributed by atoms with Gasteiger partial charge in [-0.05, 0) is 83.5 Å². The van der Waals surface area contributed by atoms with E-state index < -0.39 is 57.8 Å². The van der Waals surface area contributed by atoms with Crippen molar-refractivity contribution in [2.45, 2.75) is 277 Å². The van der Waals surface area contributed by atoms with Gasteiger partial charge < -0.3 is 24.2 Å². The van der Waals surface area contributed by atoms with Crippen molar-refractivity contribution in [1.82, 2.24) is 0 Å². The number of aliphatic hydroxyl groups excluding tert-OH is 1. The maximum absolute atomic E-state index is 12.9. The van der Waals surface area contributed by atoms with Gasteiger partial charge in [-0.3, -0.25) is 23.4 Å². The molecule has 0 aliphatic carbocycles. The Balaban J connectivity index is 4.74. The van der Waals surface area contributed by atoms with Gasteiger partial charge in [-0.1, -0.05) is 223 Å². The Hall–Kier alpha value is -2.82. The zero-order chi connectivity index (χ0) is 52.7. The lowest BCUT2D eigenvalue weighted by Crippen LogP contribution is -2.30. The number of ether oxygens (including phenoxy) is 3. The van der Waals surface area contributed by atoms with Gasteiger partial charge >= 0.3 is 25.7 Å². The summed E-state index contributed by atoms with van der Waals surface area (Å²) >= 11 is 0. The number of esters is 3. The van der Waals surface area contributed by atoms with E-state index in [1.807, 2.05) is 0 Å². The summed E-state index contributed by atoms with van der Waals surface area (Å²) in [5.41, 5.74) is 0. The lowest BCUT2D eigenvalue weighted by Gasteiger charge is -2.21. The van der Waals surface area contributed by atoms with Crippen LogP contribution < -0.4 is 0 Å². The van der Waals surface area contributed by atoms with Crippen molar-refractivity contribution in [3.8, 4) is 0 Å². The van der Waals surface area contributed by atoms with E-state index in [9.17, 15) is 28.9 Å². The Morgan fingerprint density at radius 3 is 1.14 bits per heavy atom. The third-order valence-corrected chi connectivity index (χ3v) is 13.4. The van der Waals surface area contributed by atoms with E-state index in [1.165, 1.54) is 96.3 Å². The minimum absolute atomic E-state index is 0.155. The third kappa shape index (κ3) is 52.1. The highest BCUT2D eigenvalue weighted by Gasteiger charge is 2.28. The molecule has 0 fully saturated rings. The highest BCUT2D eigenvalue weighted by molar-refractivity contribution is 7.47. The summed E-state index contributed by atoms with van der Waals surface area (Å²) in [5.74, 6) is -1.48. The molecule has 0 saturated carbocycles. The van der Waals surface area contributed by atoms with Crippen LogP contribution in [0.25, 0.3) is 0 Å². The molecule has 0 aromatic rings. The van der Waals surface area contributed by atoms with E-state index >= 15 is 0 Å². The molecule has 0 saturated heterocycles. The maximum Gasteiger partial charge on any atom is 0.472 e. The minimum Gasteiger partial charge on any atom is -0.462 e. The number of hydrogen-bond acceptors (Lipinski definition) is 10. The molecule has 3 unspecified atom stereocenters. The number of carbonyl (C=O) groups excluding carboxylic acids is 3. The van der Waals surface area contributed by atoms with E-state index in [0.29, 0.717) is 19.3 Å². The van der Waals surface area contributed by atoms with Crippen LogP contribution >= 0.6 is 7.82 Å². The maximum atomic E-state index is 12.9. The predicted octanol–water partition coefficient (Wildman–Crippen LogP) is 17.1. The molecular weight excluding hydrogens is 928 g/mol. The second-order valence-electron chi connectivity index (χ2n) is 19.4. The molecule has 0 rings (SSSR count). The predicted molar refractivity (Wildman–Crippen MR) is 298 cm³/mol. The first-order valence-electron chi connectivity index (χ1n) is 29.2. The lowest BCUT2D eigenvalue weighted by molar-refractivity contribution is -0.161. The number of rotatable bonds is 54. The van der Waals surface area contributed by atoms with Gasteiger partial charge in [-0.15, -0.1) is 0 Å². The van der Waals surface area contributed by atoms with E-state index in [1.54, 1.807) is 0 Å². The molecule has 3 atom stereocenters. The quantitative estimate of drug-likeness (QED) is 0.0197. The highest BCUT2D eigenvalue weighted by Crippen LogP contribution is 2.43. The molecule has 12 heteroatoms. The summed E-state index contributed by atoms with van der Waals surface area (Å²) in [4.78, 5) is 48.5. The molecule has 0 radical (unpaired) electrons. The molecule has 418 valence electrons. The number of allylic oxidation sites excluding steroid dienone is 10. The molecule has 0 aliphatic rings. The van der Waals surface area contributed by atoms with Crippen LogP contribution in [0.1, 0.15) is 265 Å². The van der Waals surface area contributed by atoms with Crippen LogP contribution in [-0.4, -0.2) is 66.5 Å². The van der Waals surface area contributed by atoms with Gasteiger partial charge in [0.05, 0.1) is 19.8 Å². The van der Waals surface area contributed by atoms with Crippen LogP contribution in [0.15, 0.2) is 60.8 Å². The smallest absolute Gasteiger partial charge is 0.462 e. The molecular formula is C60H107O11P. The molecule has 0 aromatic heterocycles. The molecule has 0 spiro atoms. The summed E-state index contributed by atoms with van der Waals surface area (Å²) in [5, 5.41) is 9.80. The van der Waals surface area contributed by atoms with Gasteiger partial charge in [0.25, 0.3) is 0 Å². The summed E-state index contributed by atoms with van der Waals surface area (Å²) in [6.07, 6.45) is 58.9. The van der Waals surface area contributed by atoms with Crippen molar-refractivity contribution < 1.29 is 52.2 Å². The Labute approximate surface area is 440 Å². The van der Waals surface area contributed by atoms with E-state index in [-0.39, 0.29) is 25.9 Å². The summed E-state index contributed by atoms with van der Waals surface area (Å²) < 4.78 is 39.5. The van der Waals surface area contributed by atoms with Crippen molar-refractivity contribution in [2.75, 3.05) is 26.4 Å². The van der Waals surface area contributed by atoms with Crippen molar-refractivity contribution >= 4 is 25.7 Å². The molecule has 11 nitrogen and oxygen atoms in total. The minimum atomic E-state index is -4.75. The normalized spacial score (nSPS) is 13.8. The van der Waals surface area contributed by atoms with Gasteiger partial charge in [0.2, 0.25) is 0 Å². The van der Waals surface area contributed by atoms with Crippen LogP contribution in [-0.2, 0) is 42.2 Å². The SMILES string of the molecule is CC/C=C\C/C=C\C/C=C\CCCCCCCCCC(=O)OC(COC(=O)CCCCCCCCC/C=C\C/C=C\CCCCC)COP(=O)(O)OCC(CO)OC(=O)CCCCCCCCCCCCC. The zero-order valence-electron chi connectivity index (χ0n) is 46.1. The average Bonchev–Trinajstić information content (AvgIpc) is 3.37. The van der Waals surface area contributed by atoms with Crippen molar-refractivity contribution in [1.29, 1.82) is 0 Å². The Bertz CT molecular complexity index is 1440. The first kappa shape index (κ1) is 69.2. The molecule has 0 aromatic carbocycles. The highest BCUT2D eigenvalue weighted by atomic mass is 31.2. The second kappa shape index (κ2) is 54.4. The van der Waals surface area contributed by atoms with E-state index in [4.69, 9.17) is 23.3 Å². The summed E-state index contributed by atoms with van der Waals surface area (Å²) in [6, 6.07) is 0. The topological polar surface area (TPSA) is 155 Å². The van der Waals surface area contributed by atoms with E-state index in [2.05, 4.69) is 81.5 Å². The van der Waals surface area contributed by atoms with Gasteiger partial charge in [0.1, 0.15) is 12.7 Å². The lowest BCUT2D eigenvalue weighted by atomic mass is 10.1. The monoisotopic (exact) mass is 1030 g/mol. The largest absolute Gasteiger partial charge is 0.472 e. The molecule has 0 bridgehead atoms. The van der Waals surface area contributed by atoms with E-state index in [0.717, 1.165) is 109 Å². The fourth-order valence-corrected chi connectivity index (χ4v) is 8.77. The van der Waals surface area contributed by atoms with Crippen LogP contribution in [0.4, 0.5) is 0 Å². The number of hydrogen-bond donors (Lipinski definition) is 2. The first-order chi connectivity index (χ1) is 35.2. The van der Waals surface area contributed by atoms with Gasteiger partial charge in [-0.25, -0.2) is 4.57 Å². The van der Waals surface area contributed by atoms with Crippen molar-refractivity contribution in [2.24, 2.45) is 0 Å². The molecule has 0 heterocycles. The van der Waals surface area contributed by atoms with Crippen molar-refractivity contribution in [3.63, 3.8) is 0 Å². The Kier molecular flexibility index (Phi) is 52.3. The standard InChI is InChI=1S/C60H107O11P/c1-4-7-10-13-16-19-22-24-26-28-30-32-35-37-40-43-46-49-58(62)67-53-57(71-60(64)51-48-45-42-39-36-33-31-29-27-25-23-20-17-14-11-8-5-2)55-69-72(65,66)68-54-56(52-61)70-59(63)50-47-44-41-38-34-21-18-15-12-9-6-3/h8,11,16-17,19-20,24-27,56-57,61H,4-7,9-10,12-15,18,21-23,28-55H2,1-3H3,(H,65,66)/b11-8-,19-16-,20-17-,26-24-,27-25-. The fraction of sp³-hybridized carbons (Fsp3) is 0.783. The van der Waals surface area contributed by atoms with Crippen LogP contribution in [0.2, 0.25) is 0 Å². The Morgan fingerprint density at radius 2 is 0.722 bits per heavy atom. The second-order valence-corrected chi connectivity index (χ2v) is 20.9. The van der Waals surface area contributed by atoms with Gasteiger partial charge in [0, 0.05) is 19.3 Å².